The van der Waals surface area contributed by atoms with Crippen LogP contribution in [-0.2, 0) is 11.3 Å². The first-order valence-corrected chi connectivity index (χ1v) is 6.34. The molecule has 18 heavy (non-hydrogen) atoms. The lowest BCUT2D eigenvalue weighted by atomic mass is 9.96. The molecular formula is C15H18N2O. The van der Waals surface area contributed by atoms with Crippen LogP contribution >= 0.6 is 0 Å². The van der Waals surface area contributed by atoms with E-state index in [1.807, 2.05) is 32.0 Å². The van der Waals surface area contributed by atoms with Crippen molar-refractivity contribution in [2.75, 3.05) is 6.54 Å². The van der Waals surface area contributed by atoms with E-state index in [2.05, 4.69) is 23.1 Å². The minimum Gasteiger partial charge on any atom is -0.296 e. The van der Waals surface area contributed by atoms with E-state index in [1.54, 1.807) is 0 Å². The molecule has 1 aliphatic heterocycles. The Hall–Kier alpha value is -1.66. The highest BCUT2D eigenvalue weighted by molar-refractivity contribution is 5.90. The average Bonchev–Trinajstić information content (AvgIpc) is 2.66. The summed E-state index contributed by atoms with van der Waals surface area (Å²) in [5.74, 6) is -0.121. The molecule has 0 amide bonds. The zero-order valence-electron chi connectivity index (χ0n) is 10.8. The number of hydrogen-bond donors (Lipinski definition) is 0. The summed E-state index contributed by atoms with van der Waals surface area (Å²) in [5.41, 5.74) is 1.19. The number of nitrogens with zero attached hydrogens (tertiary/aromatic N) is 2. The van der Waals surface area contributed by atoms with Crippen LogP contribution in [0, 0.1) is 23.2 Å². The molecule has 0 saturated carbocycles. The Morgan fingerprint density at radius 1 is 1.39 bits per heavy atom. The van der Waals surface area contributed by atoms with Gasteiger partial charge in [0.05, 0.1) is 12.1 Å². The Kier molecular flexibility index (Phi) is 3.78. The monoisotopic (exact) mass is 242 g/mol. The van der Waals surface area contributed by atoms with Crippen molar-refractivity contribution in [3.05, 3.63) is 35.9 Å². The number of hydrogen-bond acceptors (Lipinski definition) is 3. The van der Waals surface area contributed by atoms with Crippen LogP contribution in [0.2, 0.25) is 0 Å². The van der Waals surface area contributed by atoms with Gasteiger partial charge in [-0.2, -0.15) is 5.26 Å². The molecule has 0 bridgehead atoms. The van der Waals surface area contributed by atoms with Crippen molar-refractivity contribution in [1.82, 2.24) is 4.90 Å². The van der Waals surface area contributed by atoms with Gasteiger partial charge in [-0.3, -0.25) is 9.69 Å². The predicted molar refractivity (Wildman–Crippen MR) is 69.6 cm³/mol. The summed E-state index contributed by atoms with van der Waals surface area (Å²) in [6.07, 6.45) is 0. The number of carbonyl (C=O) groups is 1. The molecule has 0 aromatic heterocycles. The number of rotatable bonds is 3. The SMILES string of the molecule is CC(C)C1C(=O)C(C#N)CN1Cc1ccccc1. The van der Waals surface area contributed by atoms with Gasteiger partial charge < -0.3 is 0 Å². The second kappa shape index (κ2) is 5.32. The Morgan fingerprint density at radius 3 is 2.61 bits per heavy atom. The molecule has 1 heterocycles. The highest BCUT2D eigenvalue weighted by Crippen LogP contribution is 2.26. The highest BCUT2D eigenvalue weighted by Gasteiger charge is 2.41. The van der Waals surface area contributed by atoms with Crippen LogP contribution in [0.3, 0.4) is 0 Å². The molecule has 2 rings (SSSR count). The van der Waals surface area contributed by atoms with E-state index in [0.717, 1.165) is 6.54 Å². The van der Waals surface area contributed by atoms with Crippen molar-refractivity contribution < 1.29 is 4.79 Å². The van der Waals surface area contributed by atoms with Gasteiger partial charge in [0.25, 0.3) is 0 Å². The lowest BCUT2D eigenvalue weighted by Crippen LogP contribution is -2.36. The largest absolute Gasteiger partial charge is 0.296 e. The fourth-order valence-electron chi connectivity index (χ4n) is 2.66. The van der Waals surface area contributed by atoms with Crippen molar-refractivity contribution in [2.24, 2.45) is 11.8 Å². The smallest absolute Gasteiger partial charge is 0.168 e. The molecule has 94 valence electrons. The molecule has 2 unspecified atom stereocenters. The van der Waals surface area contributed by atoms with Gasteiger partial charge in [-0.15, -0.1) is 0 Å². The Labute approximate surface area is 108 Å². The van der Waals surface area contributed by atoms with E-state index in [9.17, 15) is 4.79 Å². The summed E-state index contributed by atoms with van der Waals surface area (Å²) < 4.78 is 0. The van der Waals surface area contributed by atoms with Gasteiger partial charge in [0.2, 0.25) is 0 Å². The summed E-state index contributed by atoms with van der Waals surface area (Å²) in [6.45, 7) is 5.39. The zero-order chi connectivity index (χ0) is 13.1. The van der Waals surface area contributed by atoms with Crippen molar-refractivity contribution >= 4 is 5.78 Å². The summed E-state index contributed by atoms with van der Waals surface area (Å²) >= 11 is 0. The topological polar surface area (TPSA) is 44.1 Å². The van der Waals surface area contributed by atoms with E-state index in [4.69, 9.17) is 5.26 Å². The zero-order valence-corrected chi connectivity index (χ0v) is 10.8. The Bertz CT molecular complexity index is 461. The van der Waals surface area contributed by atoms with Crippen LogP contribution in [0.4, 0.5) is 0 Å². The maximum Gasteiger partial charge on any atom is 0.168 e. The van der Waals surface area contributed by atoms with E-state index < -0.39 is 5.92 Å². The summed E-state index contributed by atoms with van der Waals surface area (Å²) in [5, 5.41) is 9.02. The van der Waals surface area contributed by atoms with Gasteiger partial charge in [0.15, 0.2) is 5.78 Å². The minimum absolute atomic E-state index is 0.0865. The van der Waals surface area contributed by atoms with Crippen molar-refractivity contribution in [1.29, 1.82) is 5.26 Å². The number of carbonyl (C=O) groups excluding carboxylic acids is 1. The molecule has 3 nitrogen and oxygen atoms in total. The molecule has 1 aliphatic rings. The number of ketones is 1. The lowest BCUT2D eigenvalue weighted by Gasteiger charge is -2.25. The third-order valence-electron chi connectivity index (χ3n) is 3.46. The van der Waals surface area contributed by atoms with Gasteiger partial charge in [-0.05, 0) is 11.5 Å². The number of benzene rings is 1. The van der Waals surface area contributed by atoms with E-state index in [0.29, 0.717) is 6.54 Å². The molecule has 1 saturated heterocycles. The molecule has 0 radical (unpaired) electrons. The van der Waals surface area contributed by atoms with Gasteiger partial charge in [0.1, 0.15) is 5.92 Å². The first-order valence-electron chi connectivity index (χ1n) is 6.34. The van der Waals surface area contributed by atoms with Gasteiger partial charge in [-0.1, -0.05) is 44.2 Å². The molecule has 1 fully saturated rings. The number of likely N-dealkylation sites (tertiary alicyclic amines) is 1. The second-order valence-corrected chi connectivity index (χ2v) is 5.19. The summed E-state index contributed by atoms with van der Waals surface area (Å²) in [4.78, 5) is 14.2. The van der Waals surface area contributed by atoms with Crippen molar-refractivity contribution in [3.8, 4) is 6.07 Å². The fraction of sp³-hybridized carbons (Fsp3) is 0.467. The van der Waals surface area contributed by atoms with Crippen LogP contribution in [0.5, 0.6) is 0 Å². The maximum absolute atomic E-state index is 12.1. The highest BCUT2D eigenvalue weighted by atomic mass is 16.1. The van der Waals surface area contributed by atoms with Crippen LogP contribution in [0.15, 0.2) is 30.3 Å². The molecule has 1 aromatic rings. The third kappa shape index (κ3) is 2.44. The molecule has 0 N–H and O–H groups in total. The molecule has 1 aromatic carbocycles. The molecule has 0 aliphatic carbocycles. The molecule has 3 heteroatoms. The summed E-state index contributed by atoms with van der Waals surface area (Å²) in [6, 6.07) is 12.1. The normalized spacial score (nSPS) is 24.4. The summed E-state index contributed by atoms with van der Waals surface area (Å²) in [7, 11) is 0. The lowest BCUT2D eigenvalue weighted by molar-refractivity contribution is -0.122. The Balaban J connectivity index is 2.17. The van der Waals surface area contributed by atoms with Crippen molar-refractivity contribution in [3.63, 3.8) is 0 Å². The predicted octanol–water partition coefficient (Wildman–Crippen LogP) is 2.24. The minimum atomic E-state index is -0.457. The molecule has 2 atom stereocenters. The number of nitriles is 1. The van der Waals surface area contributed by atoms with E-state index >= 15 is 0 Å². The van der Waals surface area contributed by atoms with Crippen LogP contribution in [0.1, 0.15) is 19.4 Å². The molecule has 0 spiro atoms. The van der Waals surface area contributed by atoms with Crippen molar-refractivity contribution in [2.45, 2.75) is 26.4 Å². The average molecular weight is 242 g/mol. The Morgan fingerprint density at radius 2 is 2.06 bits per heavy atom. The number of Topliss-reactive ketones (excluding diaryl/α,β-unsaturated/α-hetero) is 1. The van der Waals surface area contributed by atoms with Gasteiger partial charge in [-0.25, -0.2) is 0 Å². The van der Waals surface area contributed by atoms with Crippen LogP contribution in [0.25, 0.3) is 0 Å². The fourth-order valence-corrected chi connectivity index (χ4v) is 2.66. The first kappa shape index (κ1) is 12.8. The first-order chi connectivity index (χ1) is 8.63. The third-order valence-corrected chi connectivity index (χ3v) is 3.46. The van der Waals surface area contributed by atoms with Crippen LogP contribution < -0.4 is 0 Å². The maximum atomic E-state index is 12.1. The van der Waals surface area contributed by atoms with Gasteiger partial charge in [0, 0.05) is 13.1 Å². The van der Waals surface area contributed by atoms with Crippen LogP contribution in [-0.4, -0.2) is 23.3 Å². The standard InChI is InChI=1S/C15H18N2O/c1-11(2)14-15(18)13(8-16)10-17(14)9-12-6-4-3-5-7-12/h3-7,11,13-14H,9-10H2,1-2H3. The quantitative estimate of drug-likeness (QED) is 0.816. The van der Waals surface area contributed by atoms with Gasteiger partial charge >= 0.3 is 0 Å². The second-order valence-electron chi connectivity index (χ2n) is 5.19. The van der Waals surface area contributed by atoms with E-state index in [-0.39, 0.29) is 17.7 Å². The van der Waals surface area contributed by atoms with E-state index in [1.165, 1.54) is 5.56 Å². The molecular weight excluding hydrogens is 224 g/mol.